The van der Waals surface area contributed by atoms with Gasteiger partial charge in [0.05, 0.1) is 23.7 Å². The molecule has 0 radical (unpaired) electrons. The van der Waals surface area contributed by atoms with Crippen LogP contribution in [0.2, 0.25) is 0 Å². The number of aromatic nitrogens is 2. The summed E-state index contributed by atoms with van der Waals surface area (Å²) in [7, 11) is 1.41. The Hall–Kier alpha value is -2.92. The number of para-hydroxylation sites is 1. The number of rotatable bonds is 4. The highest BCUT2D eigenvalue weighted by molar-refractivity contribution is 6.23. The fourth-order valence-corrected chi connectivity index (χ4v) is 3.69. The van der Waals surface area contributed by atoms with Crippen LogP contribution in [0.15, 0.2) is 42.7 Å². The van der Waals surface area contributed by atoms with Gasteiger partial charge in [0, 0.05) is 40.5 Å². The molecule has 0 fully saturated rings. The first-order valence-electron chi connectivity index (χ1n) is 8.74. The molecule has 2 N–H and O–H groups in total. The quantitative estimate of drug-likeness (QED) is 0.570. The van der Waals surface area contributed by atoms with Crippen LogP contribution >= 0.6 is 0 Å². The molecule has 4 aromatic rings. The summed E-state index contributed by atoms with van der Waals surface area (Å²) in [4.78, 5) is 17.3. The van der Waals surface area contributed by atoms with Gasteiger partial charge in [-0.15, -0.1) is 0 Å². The highest BCUT2D eigenvalue weighted by Gasteiger charge is 2.22. The van der Waals surface area contributed by atoms with Gasteiger partial charge in [-0.25, -0.2) is 9.78 Å². The molecule has 2 heterocycles. The lowest BCUT2D eigenvalue weighted by Crippen LogP contribution is -2.08. The van der Waals surface area contributed by atoms with Crippen molar-refractivity contribution in [3.8, 4) is 0 Å². The van der Waals surface area contributed by atoms with Crippen molar-refractivity contribution >= 4 is 38.5 Å². The highest BCUT2D eigenvalue weighted by Crippen LogP contribution is 2.37. The predicted octanol–water partition coefficient (Wildman–Crippen LogP) is 3.79. The second kappa shape index (κ2) is 6.42. The Morgan fingerprint density at radius 1 is 1.19 bits per heavy atom. The van der Waals surface area contributed by atoms with Gasteiger partial charge in [-0.2, -0.15) is 0 Å². The van der Waals surface area contributed by atoms with Crippen LogP contribution in [0.1, 0.15) is 22.3 Å². The first-order chi connectivity index (χ1) is 12.7. The SMILES string of the molecule is COC(=O)c1c2ccn(CCCN)cc2c(C)c2c1nc1ccccc12. The number of pyridine rings is 1. The summed E-state index contributed by atoms with van der Waals surface area (Å²) < 4.78 is 7.20. The molecule has 2 aromatic carbocycles. The molecule has 4 rings (SSSR count). The first kappa shape index (κ1) is 16.5. The van der Waals surface area contributed by atoms with E-state index in [2.05, 4.69) is 23.8 Å². The number of benzene rings is 2. The Morgan fingerprint density at radius 3 is 2.77 bits per heavy atom. The van der Waals surface area contributed by atoms with Gasteiger partial charge in [-0.3, -0.25) is 0 Å². The van der Waals surface area contributed by atoms with E-state index in [0.29, 0.717) is 17.6 Å². The van der Waals surface area contributed by atoms with Gasteiger partial charge >= 0.3 is 5.97 Å². The molecule has 0 aliphatic rings. The van der Waals surface area contributed by atoms with E-state index in [0.717, 1.165) is 45.6 Å². The molecular formula is C21H21N3O2. The number of nitrogens with zero attached hydrogens (tertiary/aromatic N) is 2. The molecule has 0 aliphatic heterocycles. The summed E-state index contributed by atoms with van der Waals surface area (Å²) in [6.07, 6.45) is 4.98. The Kier molecular flexibility index (Phi) is 4.09. The molecule has 26 heavy (non-hydrogen) atoms. The van der Waals surface area contributed by atoms with Gasteiger partial charge < -0.3 is 15.0 Å². The molecule has 0 spiro atoms. The minimum atomic E-state index is -0.359. The molecule has 0 atom stereocenters. The van der Waals surface area contributed by atoms with Crippen LogP contribution in [0.5, 0.6) is 0 Å². The Balaban J connectivity index is 2.14. The van der Waals surface area contributed by atoms with Crippen LogP contribution in [0.3, 0.4) is 0 Å². The van der Waals surface area contributed by atoms with Crippen molar-refractivity contribution < 1.29 is 9.53 Å². The molecular weight excluding hydrogens is 326 g/mol. The number of hydrogen-bond acceptors (Lipinski definition) is 4. The molecule has 0 bridgehead atoms. The zero-order chi connectivity index (χ0) is 18.3. The summed E-state index contributed by atoms with van der Waals surface area (Å²) >= 11 is 0. The Bertz CT molecular complexity index is 1140. The van der Waals surface area contributed by atoms with Gasteiger partial charge in [-0.1, -0.05) is 18.2 Å². The molecule has 132 valence electrons. The number of fused-ring (bicyclic) bond motifs is 4. The van der Waals surface area contributed by atoms with E-state index in [-0.39, 0.29) is 5.97 Å². The lowest BCUT2D eigenvalue weighted by Gasteiger charge is -2.13. The van der Waals surface area contributed by atoms with Crippen molar-refractivity contribution in [3.63, 3.8) is 0 Å². The van der Waals surface area contributed by atoms with E-state index >= 15 is 0 Å². The maximum Gasteiger partial charge on any atom is 0.340 e. The van der Waals surface area contributed by atoms with Crippen molar-refractivity contribution in [3.05, 3.63) is 53.9 Å². The van der Waals surface area contributed by atoms with Crippen molar-refractivity contribution in [2.75, 3.05) is 13.7 Å². The first-order valence-corrected chi connectivity index (χ1v) is 8.74. The lowest BCUT2D eigenvalue weighted by atomic mass is 9.96. The predicted molar refractivity (Wildman–Crippen MR) is 104 cm³/mol. The minimum absolute atomic E-state index is 0.359. The van der Waals surface area contributed by atoms with Gasteiger partial charge in [0.25, 0.3) is 0 Å². The molecule has 2 aromatic heterocycles. The van der Waals surface area contributed by atoms with Gasteiger partial charge in [0.2, 0.25) is 0 Å². The van der Waals surface area contributed by atoms with E-state index in [1.165, 1.54) is 7.11 Å². The molecule has 0 saturated heterocycles. The normalized spacial score (nSPS) is 11.5. The third-order valence-corrected chi connectivity index (χ3v) is 4.96. The molecule has 5 heteroatoms. The minimum Gasteiger partial charge on any atom is -0.465 e. The number of esters is 1. The molecule has 5 nitrogen and oxygen atoms in total. The van der Waals surface area contributed by atoms with E-state index in [1.807, 2.05) is 30.5 Å². The van der Waals surface area contributed by atoms with Crippen LogP contribution in [0, 0.1) is 6.92 Å². The number of ether oxygens (including phenoxy) is 1. The summed E-state index contributed by atoms with van der Waals surface area (Å²) in [5, 5.41) is 3.98. The maximum absolute atomic E-state index is 12.6. The van der Waals surface area contributed by atoms with E-state index in [1.54, 1.807) is 0 Å². The fraction of sp³-hybridized carbons (Fsp3) is 0.238. The largest absolute Gasteiger partial charge is 0.465 e. The van der Waals surface area contributed by atoms with E-state index in [4.69, 9.17) is 15.5 Å². The van der Waals surface area contributed by atoms with Gasteiger partial charge in [0.1, 0.15) is 0 Å². The average Bonchev–Trinajstić information content (AvgIpc) is 3.05. The maximum atomic E-state index is 12.6. The fourth-order valence-electron chi connectivity index (χ4n) is 3.69. The number of aryl methyl sites for hydroxylation is 2. The van der Waals surface area contributed by atoms with Crippen molar-refractivity contribution in [2.24, 2.45) is 5.73 Å². The molecule has 0 aliphatic carbocycles. The standard InChI is InChI=1S/C21H21N3O2/c1-13-16-12-24(10-5-9-22)11-8-14(16)19(21(25)26-2)20-18(13)15-6-3-4-7-17(15)23-20/h3-4,6-8,11-12H,5,9-10,22H2,1-2H3. The van der Waals surface area contributed by atoms with Crippen LogP contribution in [0.4, 0.5) is 0 Å². The average molecular weight is 347 g/mol. The summed E-state index contributed by atoms with van der Waals surface area (Å²) in [6, 6.07) is 9.96. The van der Waals surface area contributed by atoms with E-state index < -0.39 is 0 Å². The van der Waals surface area contributed by atoms with Crippen LogP contribution < -0.4 is 5.73 Å². The van der Waals surface area contributed by atoms with Crippen molar-refractivity contribution in [2.45, 2.75) is 19.9 Å². The van der Waals surface area contributed by atoms with Crippen LogP contribution in [0.25, 0.3) is 32.6 Å². The van der Waals surface area contributed by atoms with Crippen molar-refractivity contribution in [1.82, 2.24) is 9.55 Å². The number of carbonyl (C=O) groups is 1. The number of hydrogen-bond donors (Lipinski definition) is 1. The Morgan fingerprint density at radius 2 is 2.00 bits per heavy atom. The number of methoxy groups -OCH3 is 1. The third kappa shape index (κ3) is 2.44. The topological polar surface area (TPSA) is 70.1 Å². The van der Waals surface area contributed by atoms with Crippen LogP contribution in [-0.4, -0.2) is 29.2 Å². The monoisotopic (exact) mass is 347 g/mol. The Labute approximate surface area is 151 Å². The number of carbonyl (C=O) groups excluding carboxylic acids is 1. The summed E-state index contributed by atoms with van der Waals surface area (Å²) in [6.45, 7) is 3.58. The second-order valence-corrected chi connectivity index (χ2v) is 6.50. The van der Waals surface area contributed by atoms with E-state index in [9.17, 15) is 4.79 Å². The highest BCUT2D eigenvalue weighted by atomic mass is 16.5. The van der Waals surface area contributed by atoms with Crippen LogP contribution in [-0.2, 0) is 11.3 Å². The molecule has 0 saturated carbocycles. The second-order valence-electron chi connectivity index (χ2n) is 6.50. The molecule has 0 unspecified atom stereocenters. The van der Waals surface area contributed by atoms with Crippen molar-refractivity contribution in [1.29, 1.82) is 0 Å². The zero-order valence-electron chi connectivity index (χ0n) is 15.0. The summed E-state index contributed by atoms with van der Waals surface area (Å²) in [5.74, 6) is -0.359. The van der Waals surface area contributed by atoms with Gasteiger partial charge in [-0.05, 0) is 37.6 Å². The van der Waals surface area contributed by atoms with Gasteiger partial charge in [0.15, 0.2) is 0 Å². The smallest absolute Gasteiger partial charge is 0.340 e. The lowest BCUT2D eigenvalue weighted by molar-refractivity contribution is 0.0605. The zero-order valence-corrected chi connectivity index (χ0v) is 15.0. The number of nitrogens with two attached hydrogens (primary N) is 1. The summed E-state index contributed by atoms with van der Waals surface area (Å²) in [5.41, 5.74) is 8.90. The molecule has 0 amide bonds. The third-order valence-electron chi connectivity index (χ3n) is 4.96.